The summed E-state index contributed by atoms with van der Waals surface area (Å²) in [6.45, 7) is 0.944. The summed E-state index contributed by atoms with van der Waals surface area (Å²) in [7, 11) is 1.92. The second-order valence-electron chi connectivity index (χ2n) is 5.00. The van der Waals surface area contributed by atoms with Crippen molar-refractivity contribution in [3.63, 3.8) is 0 Å². The lowest BCUT2D eigenvalue weighted by atomic mass is 10.2. The smallest absolute Gasteiger partial charge is 0.279 e. The van der Waals surface area contributed by atoms with Crippen molar-refractivity contribution in [1.29, 1.82) is 0 Å². The van der Waals surface area contributed by atoms with E-state index in [2.05, 4.69) is 27.9 Å². The third-order valence-corrected chi connectivity index (χ3v) is 3.64. The van der Waals surface area contributed by atoms with Crippen LogP contribution in [0.5, 0.6) is 0 Å². The van der Waals surface area contributed by atoms with Crippen LogP contribution in [0.25, 0.3) is 0 Å². The highest BCUT2D eigenvalue weighted by atomic mass is 127. The number of hydrogen-bond acceptors (Lipinski definition) is 1. The predicted molar refractivity (Wildman–Crippen MR) is 89.6 cm³/mol. The van der Waals surface area contributed by atoms with Crippen LogP contribution in [-0.4, -0.2) is 19.5 Å². The zero-order valence-corrected chi connectivity index (χ0v) is 13.9. The Kier molecular flexibility index (Phi) is 5.69. The topological polar surface area (TPSA) is 33.5 Å². The van der Waals surface area contributed by atoms with E-state index >= 15 is 0 Å². The Balaban J connectivity index is 1.87. The minimum atomic E-state index is -0.247. The first-order valence-electron chi connectivity index (χ1n) is 6.64. The van der Waals surface area contributed by atoms with Gasteiger partial charge in [-0.15, -0.1) is 0 Å². The molecule has 110 valence electrons. The van der Waals surface area contributed by atoms with E-state index < -0.39 is 0 Å². The van der Waals surface area contributed by atoms with Gasteiger partial charge in [0.25, 0.3) is 5.91 Å². The fourth-order valence-corrected chi connectivity index (χ4v) is 2.65. The van der Waals surface area contributed by atoms with Gasteiger partial charge in [0.1, 0.15) is 12.4 Å². The second-order valence-corrected chi connectivity index (χ2v) is 6.24. The van der Waals surface area contributed by atoms with Crippen LogP contribution in [0.4, 0.5) is 10.1 Å². The maximum atomic E-state index is 13.1. The molecule has 0 saturated carbocycles. The van der Waals surface area contributed by atoms with Crippen molar-refractivity contribution in [3.8, 4) is 0 Å². The SMILES string of the molecule is C[NH+](CC(=O)Nc1cccc(I)c1)Cc1cccc(F)c1. The molecule has 0 heterocycles. The van der Waals surface area contributed by atoms with Crippen LogP contribution in [0.15, 0.2) is 48.5 Å². The molecule has 1 unspecified atom stereocenters. The number of nitrogens with one attached hydrogen (secondary N) is 2. The van der Waals surface area contributed by atoms with Crippen molar-refractivity contribution in [3.05, 3.63) is 63.5 Å². The van der Waals surface area contributed by atoms with E-state index in [0.29, 0.717) is 13.1 Å². The van der Waals surface area contributed by atoms with Crippen LogP contribution < -0.4 is 10.2 Å². The normalized spacial score (nSPS) is 12.0. The summed E-state index contributed by atoms with van der Waals surface area (Å²) < 4.78 is 14.2. The van der Waals surface area contributed by atoms with Gasteiger partial charge >= 0.3 is 0 Å². The first kappa shape index (κ1) is 15.9. The van der Waals surface area contributed by atoms with E-state index in [1.165, 1.54) is 12.1 Å². The molecule has 0 aliphatic carbocycles. The Labute approximate surface area is 137 Å². The lowest BCUT2D eigenvalue weighted by Gasteiger charge is -2.14. The summed E-state index contributed by atoms with van der Waals surface area (Å²) in [5.41, 5.74) is 1.68. The first-order valence-corrected chi connectivity index (χ1v) is 7.72. The monoisotopic (exact) mass is 399 g/mol. The minimum Gasteiger partial charge on any atom is -0.326 e. The number of likely N-dealkylation sites (N-methyl/N-ethyl adjacent to an activating group) is 1. The van der Waals surface area contributed by atoms with Crippen LogP contribution in [0.3, 0.4) is 0 Å². The molecule has 0 bridgehead atoms. The third-order valence-electron chi connectivity index (χ3n) is 2.97. The Bertz CT molecular complexity index is 633. The molecule has 1 amide bonds. The molecule has 0 radical (unpaired) electrons. The van der Waals surface area contributed by atoms with E-state index in [4.69, 9.17) is 0 Å². The number of halogens is 2. The summed E-state index contributed by atoms with van der Waals surface area (Å²) in [5.74, 6) is -0.297. The van der Waals surface area contributed by atoms with Gasteiger partial charge in [-0.25, -0.2) is 4.39 Å². The van der Waals surface area contributed by atoms with Gasteiger partial charge in [-0.3, -0.25) is 4.79 Å². The molecular weight excluding hydrogens is 382 g/mol. The maximum absolute atomic E-state index is 13.1. The molecule has 2 aromatic rings. The van der Waals surface area contributed by atoms with Gasteiger partial charge < -0.3 is 10.2 Å². The quantitative estimate of drug-likeness (QED) is 0.742. The zero-order chi connectivity index (χ0) is 15.2. The first-order chi connectivity index (χ1) is 10.0. The van der Waals surface area contributed by atoms with E-state index in [0.717, 1.165) is 19.7 Å². The number of carbonyl (C=O) groups is 1. The maximum Gasteiger partial charge on any atom is 0.279 e. The molecule has 2 N–H and O–H groups in total. The molecule has 5 heteroatoms. The fourth-order valence-electron chi connectivity index (χ4n) is 2.10. The molecule has 0 saturated heterocycles. The number of carbonyl (C=O) groups excluding carboxylic acids is 1. The lowest BCUT2D eigenvalue weighted by Crippen LogP contribution is -3.08. The lowest BCUT2D eigenvalue weighted by molar-refractivity contribution is -0.885. The van der Waals surface area contributed by atoms with Crippen molar-refractivity contribution < 1.29 is 14.1 Å². The largest absolute Gasteiger partial charge is 0.326 e. The predicted octanol–water partition coefficient (Wildman–Crippen LogP) is 2.08. The summed E-state index contributed by atoms with van der Waals surface area (Å²) in [6, 6.07) is 14.1. The highest BCUT2D eigenvalue weighted by Gasteiger charge is 2.11. The minimum absolute atomic E-state index is 0.0501. The molecule has 0 aromatic heterocycles. The second kappa shape index (κ2) is 7.51. The average molecular weight is 399 g/mol. The molecular formula is C16H17FIN2O+. The zero-order valence-electron chi connectivity index (χ0n) is 11.7. The van der Waals surface area contributed by atoms with E-state index in [1.807, 2.05) is 37.4 Å². The van der Waals surface area contributed by atoms with Crippen LogP contribution >= 0.6 is 22.6 Å². The third kappa shape index (κ3) is 5.43. The Morgan fingerprint density at radius 2 is 2.00 bits per heavy atom. The van der Waals surface area contributed by atoms with Crippen molar-refractivity contribution in [2.24, 2.45) is 0 Å². The Morgan fingerprint density at radius 3 is 2.71 bits per heavy atom. The molecule has 3 nitrogen and oxygen atoms in total. The fraction of sp³-hybridized carbons (Fsp3) is 0.188. The highest BCUT2D eigenvalue weighted by molar-refractivity contribution is 14.1. The molecule has 0 aliphatic heterocycles. The van der Waals surface area contributed by atoms with Gasteiger partial charge in [0.05, 0.1) is 7.05 Å². The summed E-state index contributed by atoms with van der Waals surface area (Å²) >= 11 is 2.20. The van der Waals surface area contributed by atoms with Gasteiger partial charge in [0.15, 0.2) is 6.54 Å². The van der Waals surface area contributed by atoms with Crippen LogP contribution in [-0.2, 0) is 11.3 Å². The molecule has 0 aliphatic rings. The summed E-state index contributed by atoms with van der Waals surface area (Å²) in [6.07, 6.45) is 0. The number of hydrogen-bond donors (Lipinski definition) is 2. The van der Waals surface area contributed by atoms with E-state index in [-0.39, 0.29) is 11.7 Å². The molecule has 1 atom stereocenters. The molecule has 0 fully saturated rings. The number of rotatable bonds is 5. The van der Waals surface area contributed by atoms with Gasteiger partial charge in [-0.2, -0.15) is 0 Å². The van der Waals surface area contributed by atoms with Crippen molar-refractivity contribution in [2.45, 2.75) is 6.54 Å². The molecule has 0 spiro atoms. The van der Waals surface area contributed by atoms with Gasteiger partial charge in [-0.1, -0.05) is 18.2 Å². The molecule has 2 aromatic carbocycles. The Hall–Kier alpha value is -1.47. The number of anilines is 1. The van der Waals surface area contributed by atoms with Crippen molar-refractivity contribution in [2.75, 3.05) is 18.9 Å². The summed E-state index contributed by atoms with van der Waals surface area (Å²) in [4.78, 5) is 13.0. The highest BCUT2D eigenvalue weighted by Crippen LogP contribution is 2.11. The molecule has 21 heavy (non-hydrogen) atoms. The van der Waals surface area contributed by atoms with Crippen molar-refractivity contribution in [1.82, 2.24) is 0 Å². The number of quaternary nitrogens is 1. The van der Waals surface area contributed by atoms with Crippen molar-refractivity contribution >= 4 is 34.2 Å². The van der Waals surface area contributed by atoms with Gasteiger partial charge in [0.2, 0.25) is 0 Å². The Morgan fingerprint density at radius 1 is 1.24 bits per heavy atom. The number of amides is 1. The standard InChI is InChI=1S/C16H16FIN2O/c1-20(10-12-4-2-5-13(17)8-12)11-16(21)19-15-7-3-6-14(18)9-15/h2-9H,10-11H2,1H3,(H,19,21)/p+1. The van der Waals surface area contributed by atoms with Crippen LogP contribution in [0.1, 0.15) is 5.56 Å². The van der Waals surface area contributed by atoms with E-state index in [9.17, 15) is 9.18 Å². The van der Waals surface area contributed by atoms with Gasteiger partial charge in [0, 0.05) is 14.8 Å². The number of benzene rings is 2. The summed E-state index contributed by atoms with van der Waals surface area (Å²) in [5, 5.41) is 2.87. The van der Waals surface area contributed by atoms with Crippen LogP contribution in [0.2, 0.25) is 0 Å². The molecule has 2 rings (SSSR count). The van der Waals surface area contributed by atoms with E-state index in [1.54, 1.807) is 6.07 Å². The average Bonchev–Trinajstić information content (AvgIpc) is 2.38. The van der Waals surface area contributed by atoms with Crippen LogP contribution in [0, 0.1) is 9.39 Å². The van der Waals surface area contributed by atoms with Gasteiger partial charge in [-0.05, 0) is 52.9 Å².